The van der Waals surface area contributed by atoms with Gasteiger partial charge in [-0.2, -0.15) is 0 Å². The minimum atomic E-state index is 0.584. The van der Waals surface area contributed by atoms with E-state index in [1.54, 1.807) is 11.1 Å². The summed E-state index contributed by atoms with van der Waals surface area (Å²) in [4.78, 5) is 0. The van der Waals surface area contributed by atoms with Crippen LogP contribution in [0.4, 0.5) is 0 Å². The third-order valence-electron chi connectivity index (χ3n) is 12.4. The molecule has 30 heavy (non-hydrogen) atoms. The van der Waals surface area contributed by atoms with Crippen LogP contribution in [0.25, 0.3) is 0 Å². The molecular formula is C30H48. The van der Waals surface area contributed by atoms with E-state index in [4.69, 9.17) is 0 Å². The molecule has 0 aromatic rings. The van der Waals surface area contributed by atoms with Crippen LogP contribution in [0, 0.1) is 44.3 Å². The highest BCUT2D eigenvalue weighted by Crippen LogP contribution is 2.81. The zero-order valence-electron chi connectivity index (χ0n) is 21.4. The second kappa shape index (κ2) is 6.08. The maximum atomic E-state index is 2.57. The van der Waals surface area contributed by atoms with Gasteiger partial charge in [-0.1, -0.05) is 77.7 Å². The average Bonchev–Trinajstić information content (AvgIpc) is 3.53. The molecule has 6 aliphatic carbocycles. The van der Waals surface area contributed by atoms with Gasteiger partial charge in [0, 0.05) is 0 Å². The summed E-state index contributed by atoms with van der Waals surface area (Å²) in [6, 6.07) is 0. The van der Waals surface area contributed by atoms with E-state index in [2.05, 4.69) is 67.5 Å². The SMILES string of the molecule is CC1=CCC2(C)CCCC(C)(C)C23CC13.CC1=CCC2(C)CCCC(C)(C)C23CC13. The molecule has 0 heteroatoms. The van der Waals surface area contributed by atoms with Crippen LogP contribution in [0.2, 0.25) is 0 Å². The lowest BCUT2D eigenvalue weighted by Gasteiger charge is -2.54. The predicted octanol–water partition coefficient (Wildman–Crippen LogP) is 9.12. The largest absolute Gasteiger partial charge is 0.0847 e. The number of hydrogen-bond acceptors (Lipinski definition) is 0. The molecule has 4 saturated carbocycles. The third-order valence-corrected chi connectivity index (χ3v) is 12.4. The maximum Gasteiger partial charge on any atom is -0.0118 e. The van der Waals surface area contributed by atoms with E-state index in [9.17, 15) is 0 Å². The first kappa shape index (κ1) is 21.3. The number of rotatable bonds is 0. The van der Waals surface area contributed by atoms with Crippen LogP contribution < -0.4 is 0 Å². The molecule has 0 bridgehead atoms. The average molecular weight is 409 g/mol. The molecule has 2 spiro atoms. The minimum absolute atomic E-state index is 0.584. The molecule has 6 rings (SSSR count). The van der Waals surface area contributed by atoms with Gasteiger partial charge in [0.25, 0.3) is 0 Å². The van der Waals surface area contributed by atoms with Crippen LogP contribution in [-0.4, -0.2) is 0 Å². The highest BCUT2D eigenvalue weighted by atomic mass is 14.8. The standard InChI is InChI=1S/2C15H24/c2*1-11-6-9-14(4)8-5-7-13(2,3)15(14)10-12(11)15/h2*6,12H,5,7-10H2,1-4H3. The second-order valence-electron chi connectivity index (χ2n) is 14.4. The molecule has 0 N–H and O–H groups in total. The fraction of sp³-hybridized carbons (Fsp3) is 0.867. The summed E-state index contributed by atoms with van der Waals surface area (Å²) in [7, 11) is 0. The van der Waals surface area contributed by atoms with Crippen LogP contribution >= 0.6 is 0 Å². The molecule has 6 unspecified atom stereocenters. The molecule has 6 atom stereocenters. The Kier molecular flexibility index (Phi) is 4.32. The van der Waals surface area contributed by atoms with E-state index in [1.807, 2.05) is 0 Å². The zero-order valence-corrected chi connectivity index (χ0v) is 21.4. The molecule has 0 aromatic carbocycles. The summed E-state index contributed by atoms with van der Waals surface area (Å²) in [6.07, 6.45) is 19.5. The molecule has 4 fully saturated rings. The molecule has 0 radical (unpaired) electrons. The molecule has 0 nitrogen and oxygen atoms in total. The summed E-state index contributed by atoms with van der Waals surface area (Å²) in [5.74, 6) is 1.87. The number of hydrogen-bond donors (Lipinski definition) is 0. The molecule has 0 saturated heterocycles. The quantitative estimate of drug-likeness (QED) is 0.350. The van der Waals surface area contributed by atoms with Crippen molar-refractivity contribution < 1.29 is 0 Å². The Morgan fingerprint density at radius 2 is 0.967 bits per heavy atom. The van der Waals surface area contributed by atoms with Gasteiger partial charge in [-0.05, 0) is 110 Å². The van der Waals surface area contributed by atoms with Crippen LogP contribution in [0.15, 0.2) is 23.3 Å². The Hall–Kier alpha value is -0.520. The first-order valence-corrected chi connectivity index (χ1v) is 13.2. The Labute approximate surface area is 187 Å². The summed E-state index contributed by atoms with van der Waals surface area (Å²) < 4.78 is 0. The van der Waals surface area contributed by atoms with E-state index in [0.717, 1.165) is 11.8 Å². The minimum Gasteiger partial charge on any atom is -0.0847 e. The van der Waals surface area contributed by atoms with Gasteiger partial charge in [0.2, 0.25) is 0 Å². The summed E-state index contributed by atoms with van der Waals surface area (Å²) >= 11 is 0. The van der Waals surface area contributed by atoms with Crippen molar-refractivity contribution in [3.8, 4) is 0 Å². The summed E-state index contributed by atoms with van der Waals surface area (Å²) in [6.45, 7) is 20.0. The monoisotopic (exact) mass is 408 g/mol. The lowest BCUT2D eigenvalue weighted by Crippen LogP contribution is -2.46. The Morgan fingerprint density at radius 1 is 0.600 bits per heavy atom. The lowest BCUT2D eigenvalue weighted by atomic mass is 9.50. The first-order valence-electron chi connectivity index (χ1n) is 13.2. The van der Waals surface area contributed by atoms with Crippen molar-refractivity contribution in [3.63, 3.8) is 0 Å². The normalized spacial score (nSPS) is 51.5. The van der Waals surface area contributed by atoms with Crippen molar-refractivity contribution >= 4 is 0 Å². The molecule has 0 amide bonds. The smallest absolute Gasteiger partial charge is 0.0118 e. The van der Waals surface area contributed by atoms with Gasteiger partial charge < -0.3 is 0 Å². The van der Waals surface area contributed by atoms with E-state index >= 15 is 0 Å². The Bertz CT molecular complexity index is 740. The van der Waals surface area contributed by atoms with Crippen LogP contribution in [0.5, 0.6) is 0 Å². The predicted molar refractivity (Wildman–Crippen MR) is 129 cm³/mol. The third kappa shape index (κ3) is 2.41. The molecule has 0 aromatic heterocycles. The number of allylic oxidation sites excluding steroid dienone is 4. The molecule has 168 valence electrons. The fourth-order valence-corrected chi connectivity index (χ4v) is 10.4. The Balaban J connectivity index is 0.000000128. The van der Waals surface area contributed by atoms with Gasteiger partial charge in [-0.3, -0.25) is 0 Å². The van der Waals surface area contributed by atoms with Gasteiger partial charge >= 0.3 is 0 Å². The van der Waals surface area contributed by atoms with E-state index in [0.29, 0.717) is 32.5 Å². The van der Waals surface area contributed by atoms with Crippen molar-refractivity contribution in [1.82, 2.24) is 0 Å². The van der Waals surface area contributed by atoms with Crippen LogP contribution in [-0.2, 0) is 0 Å². The molecular weight excluding hydrogens is 360 g/mol. The van der Waals surface area contributed by atoms with Crippen molar-refractivity contribution in [2.75, 3.05) is 0 Å². The van der Waals surface area contributed by atoms with Crippen molar-refractivity contribution in [2.45, 2.75) is 120 Å². The fourth-order valence-electron chi connectivity index (χ4n) is 10.4. The maximum absolute atomic E-state index is 2.57. The van der Waals surface area contributed by atoms with Crippen molar-refractivity contribution in [2.24, 2.45) is 44.3 Å². The summed E-state index contributed by atoms with van der Waals surface area (Å²) in [5.41, 5.74) is 7.16. The lowest BCUT2D eigenvalue weighted by molar-refractivity contribution is -0.0347. The van der Waals surface area contributed by atoms with Gasteiger partial charge in [-0.15, -0.1) is 0 Å². The zero-order chi connectivity index (χ0) is 21.8. The first-order chi connectivity index (χ1) is 13.9. The second-order valence-corrected chi connectivity index (χ2v) is 14.4. The summed E-state index contributed by atoms with van der Waals surface area (Å²) in [5, 5.41) is 0. The topological polar surface area (TPSA) is 0 Å². The van der Waals surface area contributed by atoms with E-state index in [-0.39, 0.29) is 0 Å². The van der Waals surface area contributed by atoms with Crippen LogP contribution in [0.3, 0.4) is 0 Å². The van der Waals surface area contributed by atoms with Gasteiger partial charge in [0.1, 0.15) is 0 Å². The van der Waals surface area contributed by atoms with Crippen molar-refractivity contribution in [3.05, 3.63) is 23.3 Å². The van der Waals surface area contributed by atoms with E-state index < -0.39 is 0 Å². The molecule has 6 aliphatic rings. The van der Waals surface area contributed by atoms with Gasteiger partial charge in [-0.25, -0.2) is 0 Å². The highest BCUT2D eigenvalue weighted by molar-refractivity contribution is 5.34. The van der Waals surface area contributed by atoms with Crippen molar-refractivity contribution in [1.29, 1.82) is 0 Å². The molecule has 0 heterocycles. The van der Waals surface area contributed by atoms with Crippen LogP contribution in [0.1, 0.15) is 120 Å². The van der Waals surface area contributed by atoms with E-state index in [1.165, 1.54) is 64.2 Å². The van der Waals surface area contributed by atoms with Gasteiger partial charge in [0.15, 0.2) is 0 Å². The van der Waals surface area contributed by atoms with Gasteiger partial charge in [0.05, 0.1) is 0 Å². The highest BCUT2D eigenvalue weighted by Gasteiger charge is 2.73. The molecule has 0 aliphatic heterocycles. The Morgan fingerprint density at radius 3 is 1.33 bits per heavy atom.